The number of fused-ring (bicyclic) bond motifs is 5. The van der Waals surface area contributed by atoms with Gasteiger partial charge in [0.2, 0.25) is 0 Å². The number of unbranched alkanes of at least 4 members (excludes halogenated alkanes) is 6. The van der Waals surface area contributed by atoms with E-state index in [1.165, 1.54) is 5.56 Å². The number of halogens is 5. The Hall–Kier alpha value is -0.310. The van der Waals surface area contributed by atoms with Gasteiger partial charge in [-0.25, -0.2) is 0 Å². The third kappa shape index (κ3) is 10.1. The summed E-state index contributed by atoms with van der Waals surface area (Å²) in [6, 6.07) is 5.30. The van der Waals surface area contributed by atoms with Crippen LogP contribution in [0.15, 0.2) is 18.2 Å². The van der Waals surface area contributed by atoms with Gasteiger partial charge >= 0.3 is 22.5 Å². The zero-order valence-corrected chi connectivity index (χ0v) is 30.5. The summed E-state index contributed by atoms with van der Waals surface area (Å²) >= 11 is 0. The number of hydrogen-bond acceptors (Lipinski definition) is 5. The molecule has 1 aromatic rings. The normalized spacial score (nSPS) is 28.5. The quantitative estimate of drug-likeness (QED) is 0.0788. The van der Waals surface area contributed by atoms with Gasteiger partial charge in [0.25, 0.3) is 0 Å². The summed E-state index contributed by atoms with van der Waals surface area (Å²) in [5, 5.41) is 10.9. The van der Waals surface area contributed by atoms with E-state index in [2.05, 4.69) is 6.92 Å². The molecule has 0 spiro atoms. The number of benzene rings is 1. The van der Waals surface area contributed by atoms with Gasteiger partial charge in [0.15, 0.2) is 0 Å². The van der Waals surface area contributed by atoms with Crippen LogP contribution in [0.3, 0.4) is 0 Å². The van der Waals surface area contributed by atoms with Crippen molar-refractivity contribution in [2.24, 2.45) is 23.2 Å². The van der Waals surface area contributed by atoms with Crippen LogP contribution < -0.4 is 4.18 Å². The van der Waals surface area contributed by atoms with Crippen molar-refractivity contribution in [2.75, 3.05) is 11.5 Å². The second kappa shape index (κ2) is 16.6. The molecule has 4 rings (SSSR count). The van der Waals surface area contributed by atoms with E-state index in [0.29, 0.717) is 35.8 Å². The molecule has 1 aromatic carbocycles. The SMILES string of the molecule is C[C@]12CC[C@@H]3c4ccc(OS(=O)(=O)O)cc4C[C@@H](CCCCCCCCCS(=O)CCCC(F)(F)C(F)(F)F)[C@H]3[C@@H]1CC[C@@H]2O.[Na]. The van der Waals surface area contributed by atoms with E-state index in [9.17, 15) is 39.7 Å². The van der Waals surface area contributed by atoms with Crippen LogP contribution in [-0.2, 0) is 27.6 Å². The summed E-state index contributed by atoms with van der Waals surface area (Å²) in [6.45, 7) is 2.24. The maximum absolute atomic E-state index is 13.0. The van der Waals surface area contributed by atoms with E-state index in [4.69, 9.17) is 8.74 Å². The molecule has 0 heterocycles. The van der Waals surface area contributed by atoms with Crippen molar-refractivity contribution in [2.45, 2.75) is 127 Å². The van der Waals surface area contributed by atoms with Crippen LogP contribution in [0.1, 0.15) is 114 Å². The van der Waals surface area contributed by atoms with Gasteiger partial charge in [-0.3, -0.25) is 8.76 Å². The monoisotopic (exact) mass is 709 g/mol. The second-order valence-corrected chi connectivity index (χ2v) is 16.4. The van der Waals surface area contributed by atoms with E-state index in [1.54, 1.807) is 12.1 Å². The molecule has 0 saturated heterocycles. The van der Waals surface area contributed by atoms with E-state index >= 15 is 0 Å². The first-order valence-electron chi connectivity index (χ1n) is 16.3. The largest absolute Gasteiger partial charge is 0.453 e. The molecule has 6 nitrogen and oxygen atoms in total. The van der Waals surface area contributed by atoms with Gasteiger partial charge in [-0.1, -0.05) is 51.5 Å². The molecule has 2 fully saturated rings. The molecule has 2 saturated carbocycles. The summed E-state index contributed by atoms with van der Waals surface area (Å²) in [5.41, 5.74) is 2.21. The summed E-state index contributed by atoms with van der Waals surface area (Å²) < 4.78 is 111. The molecule has 7 atom stereocenters. The number of hydrogen-bond donors (Lipinski definition) is 2. The van der Waals surface area contributed by atoms with Crippen molar-refractivity contribution in [3.8, 4) is 5.75 Å². The Morgan fingerprint density at radius 1 is 0.957 bits per heavy atom. The Bertz CT molecular complexity index is 1280. The minimum Gasteiger partial charge on any atom is -0.393 e. The fourth-order valence-electron chi connectivity index (χ4n) is 8.45. The van der Waals surface area contributed by atoms with Crippen LogP contribution in [-0.4, -0.2) is 81.6 Å². The molecule has 0 aliphatic heterocycles. The Labute approximate surface area is 294 Å². The number of aliphatic hydroxyl groups excluding tert-OH is 1. The maximum atomic E-state index is 13.0. The van der Waals surface area contributed by atoms with E-state index in [0.717, 1.165) is 82.6 Å². The fraction of sp³-hybridized carbons (Fsp3) is 0.812. The molecule has 1 unspecified atom stereocenters. The minimum absolute atomic E-state index is 0. The zero-order valence-electron chi connectivity index (χ0n) is 26.9. The first-order valence-corrected chi connectivity index (χ1v) is 19.1. The Morgan fingerprint density at radius 2 is 1.59 bits per heavy atom. The summed E-state index contributed by atoms with van der Waals surface area (Å²) in [4.78, 5) is 0. The third-order valence-electron chi connectivity index (χ3n) is 10.7. The van der Waals surface area contributed by atoms with Crippen LogP contribution in [0.4, 0.5) is 22.0 Å². The molecule has 2 N–H and O–H groups in total. The van der Waals surface area contributed by atoms with E-state index < -0.39 is 46.1 Å². The first-order chi connectivity index (χ1) is 21.0. The van der Waals surface area contributed by atoms with Gasteiger partial charge in [-0.05, 0) is 104 Å². The predicted molar refractivity (Wildman–Crippen MR) is 169 cm³/mol. The first kappa shape index (κ1) is 40.1. The van der Waals surface area contributed by atoms with Gasteiger partial charge in [-0.15, -0.1) is 0 Å². The van der Waals surface area contributed by atoms with Crippen molar-refractivity contribution in [3.63, 3.8) is 0 Å². The molecule has 0 amide bonds. The summed E-state index contributed by atoms with van der Waals surface area (Å²) in [5.74, 6) is -2.84. The molecule has 0 aromatic heterocycles. The smallest absolute Gasteiger partial charge is 0.393 e. The average Bonchev–Trinajstić information content (AvgIpc) is 3.24. The minimum atomic E-state index is -5.57. The van der Waals surface area contributed by atoms with Crippen LogP contribution >= 0.6 is 0 Å². The van der Waals surface area contributed by atoms with E-state index in [1.807, 2.05) is 6.07 Å². The Balaban J connectivity index is 0.00000576. The van der Waals surface area contributed by atoms with Gasteiger partial charge in [0, 0.05) is 58.3 Å². The van der Waals surface area contributed by atoms with Crippen LogP contribution in [0.5, 0.6) is 5.75 Å². The molecule has 46 heavy (non-hydrogen) atoms. The van der Waals surface area contributed by atoms with Gasteiger partial charge < -0.3 is 9.29 Å². The Morgan fingerprint density at radius 3 is 2.24 bits per heavy atom. The fourth-order valence-corrected chi connectivity index (χ4v) is 9.99. The second-order valence-electron chi connectivity index (χ2n) is 13.7. The number of rotatable bonds is 16. The zero-order chi connectivity index (χ0) is 33.0. The molecule has 0 bridgehead atoms. The molecular weight excluding hydrogens is 662 g/mol. The van der Waals surface area contributed by atoms with Gasteiger partial charge in [0.05, 0.1) is 6.10 Å². The number of aliphatic hydroxyl groups is 1. The maximum Gasteiger partial charge on any atom is 0.453 e. The molecule has 14 heteroatoms. The standard InChI is InChI=1S/C32H47F5O6S2.Na/c1-30-17-15-26-25-12-11-24(43-45(40,41)42)21-23(25)20-22(29(26)27(30)13-14-28(30)38)10-7-5-3-2-4-6-8-18-44(39)19-9-16-31(33,34)32(35,36)37;/h11-12,21-22,26-29,38H,2-10,13-20H2,1H3,(H,40,41,42);/t22-,26-,27+,28+,29-,30+,44?;/m1./s1. The van der Waals surface area contributed by atoms with Crippen LogP contribution in [0.2, 0.25) is 0 Å². The molecule has 3 aliphatic carbocycles. The van der Waals surface area contributed by atoms with Crippen molar-refractivity contribution in [3.05, 3.63) is 29.3 Å². The van der Waals surface area contributed by atoms with Gasteiger partial charge in [0.1, 0.15) is 5.75 Å². The van der Waals surface area contributed by atoms with E-state index in [-0.39, 0.29) is 52.6 Å². The number of alkyl halides is 5. The van der Waals surface area contributed by atoms with Crippen molar-refractivity contribution >= 4 is 50.8 Å². The topological polar surface area (TPSA) is 101 Å². The summed E-state index contributed by atoms with van der Waals surface area (Å²) in [6.07, 6.45) is 4.57. The van der Waals surface area contributed by atoms with Crippen molar-refractivity contribution < 1.29 is 48.4 Å². The van der Waals surface area contributed by atoms with Crippen LogP contribution in [0.25, 0.3) is 0 Å². The third-order valence-corrected chi connectivity index (χ3v) is 12.6. The molecule has 1 radical (unpaired) electrons. The predicted octanol–water partition coefficient (Wildman–Crippen LogP) is 7.78. The van der Waals surface area contributed by atoms with Crippen molar-refractivity contribution in [1.82, 2.24) is 0 Å². The van der Waals surface area contributed by atoms with Crippen molar-refractivity contribution in [1.29, 1.82) is 0 Å². The molecular formula is C32H47F5NaO6S2. The van der Waals surface area contributed by atoms with Gasteiger partial charge in [-0.2, -0.15) is 30.4 Å². The summed E-state index contributed by atoms with van der Waals surface area (Å²) in [7, 11) is -6.01. The molecule has 259 valence electrons. The molecule has 3 aliphatic rings. The Kier molecular flexibility index (Phi) is 14.5. The average molecular weight is 710 g/mol. The van der Waals surface area contributed by atoms with Crippen LogP contribution in [0, 0.1) is 23.2 Å².